The summed E-state index contributed by atoms with van der Waals surface area (Å²) < 4.78 is 0. The van der Waals surface area contributed by atoms with Gasteiger partial charge in [0.05, 0.1) is 6.04 Å². The Kier molecular flexibility index (Phi) is 5.72. The smallest absolute Gasteiger partial charge is 0.239 e. The first-order valence-corrected chi connectivity index (χ1v) is 4.64. The van der Waals surface area contributed by atoms with Gasteiger partial charge in [0.15, 0.2) is 0 Å². The zero-order valence-electron chi connectivity index (χ0n) is 8.34. The molecule has 0 heterocycles. The molecule has 0 aromatic rings. The Labute approximate surface area is 74.9 Å². The Morgan fingerprint density at radius 3 is 2.42 bits per heavy atom. The van der Waals surface area contributed by atoms with E-state index in [1.165, 1.54) is 0 Å². The highest BCUT2D eigenvalue weighted by Gasteiger charge is 2.15. The number of likely N-dealkylation sites (N-methyl/N-ethyl adjacent to an activating group) is 1. The van der Waals surface area contributed by atoms with E-state index in [0.717, 1.165) is 25.8 Å². The van der Waals surface area contributed by atoms with Crippen molar-refractivity contribution in [3.63, 3.8) is 0 Å². The fourth-order valence-corrected chi connectivity index (χ4v) is 1.16. The topological polar surface area (TPSA) is 46.3 Å². The number of hydrogen-bond acceptors (Lipinski definition) is 2. The van der Waals surface area contributed by atoms with Crippen LogP contribution in [0.4, 0.5) is 0 Å². The van der Waals surface area contributed by atoms with E-state index in [1.807, 2.05) is 6.92 Å². The second-order valence-electron chi connectivity index (χ2n) is 3.15. The standard InChI is InChI=1S/C9H20N2O/c1-4-6-8(10)9(12)11(3)7-5-2/h8H,4-7,10H2,1-3H3/t8-/m0/s1. The van der Waals surface area contributed by atoms with Crippen molar-refractivity contribution in [1.29, 1.82) is 0 Å². The minimum absolute atomic E-state index is 0.0682. The van der Waals surface area contributed by atoms with Crippen molar-refractivity contribution in [3.8, 4) is 0 Å². The van der Waals surface area contributed by atoms with Crippen LogP contribution in [0.3, 0.4) is 0 Å². The summed E-state index contributed by atoms with van der Waals surface area (Å²) >= 11 is 0. The first-order valence-electron chi connectivity index (χ1n) is 4.64. The van der Waals surface area contributed by atoms with Gasteiger partial charge in [-0.05, 0) is 12.8 Å². The molecule has 2 N–H and O–H groups in total. The molecule has 0 fully saturated rings. The quantitative estimate of drug-likeness (QED) is 0.672. The van der Waals surface area contributed by atoms with Gasteiger partial charge in [-0.2, -0.15) is 0 Å². The number of carbonyl (C=O) groups excluding carboxylic acids is 1. The van der Waals surface area contributed by atoms with Crippen molar-refractivity contribution >= 4 is 5.91 Å². The predicted molar refractivity (Wildman–Crippen MR) is 50.8 cm³/mol. The molecule has 0 saturated carbocycles. The van der Waals surface area contributed by atoms with Crippen LogP contribution in [0.15, 0.2) is 0 Å². The molecule has 3 heteroatoms. The van der Waals surface area contributed by atoms with E-state index in [-0.39, 0.29) is 11.9 Å². The lowest BCUT2D eigenvalue weighted by Crippen LogP contribution is -2.41. The average molecular weight is 172 g/mol. The summed E-state index contributed by atoms with van der Waals surface area (Å²) in [5.74, 6) is 0.0682. The van der Waals surface area contributed by atoms with Crippen LogP contribution in [0.5, 0.6) is 0 Å². The highest BCUT2D eigenvalue weighted by molar-refractivity contribution is 5.81. The van der Waals surface area contributed by atoms with E-state index in [1.54, 1.807) is 11.9 Å². The highest BCUT2D eigenvalue weighted by atomic mass is 16.2. The van der Waals surface area contributed by atoms with Crippen LogP contribution in [-0.2, 0) is 4.79 Å². The summed E-state index contributed by atoms with van der Waals surface area (Å²) in [5, 5.41) is 0. The third kappa shape index (κ3) is 3.72. The third-order valence-corrected chi connectivity index (χ3v) is 1.85. The summed E-state index contributed by atoms with van der Waals surface area (Å²) in [6, 6.07) is -0.299. The van der Waals surface area contributed by atoms with Crippen LogP contribution in [-0.4, -0.2) is 30.4 Å². The lowest BCUT2D eigenvalue weighted by atomic mass is 10.1. The first-order chi connectivity index (χ1) is 5.63. The molecule has 3 nitrogen and oxygen atoms in total. The molecule has 0 aliphatic rings. The monoisotopic (exact) mass is 172 g/mol. The zero-order valence-corrected chi connectivity index (χ0v) is 8.34. The molecule has 0 radical (unpaired) electrons. The third-order valence-electron chi connectivity index (χ3n) is 1.85. The molecule has 0 aliphatic heterocycles. The Hall–Kier alpha value is -0.570. The molecule has 72 valence electrons. The maximum atomic E-state index is 11.4. The van der Waals surface area contributed by atoms with Gasteiger partial charge in [0, 0.05) is 13.6 Å². The van der Waals surface area contributed by atoms with E-state index in [2.05, 4.69) is 6.92 Å². The van der Waals surface area contributed by atoms with Crippen LogP contribution in [0, 0.1) is 0 Å². The molecule has 0 aromatic carbocycles. The zero-order chi connectivity index (χ0) is 9.56. The van der Waals surface area contributed by atoms with E-state index in [9.17, 15) is 4.79 Å². The van der Waals surface area contributed by atoms with Gasteiger partial charge in [-0.25, -0.2) is 0 Å². The predicted octanol–water partition coefficient (Wildman–Crippen LogP) is 0.982. The average Bonchev–Trinajstić information content (AvgIpc) is 2.04. The van der Waals surface area contributed by atoms with Crippen LogP contribution in [0.2, 0.25) is 0 Å². The molecule has 0 bridgehead atoms. The summed E-state index contributed by atoms with van der Waals surface area (Å²) in [5.41, 5.74) is 5.67. The van der Waals surface area contributed by atoms with Gasteiger partial charge in [0.25, 0.3) is 0 Å². The van der Waals surface area contributed by atoms with Gasteiger partial charge in [0.2, 0.25) is 5.91 Å². The van der Waals surface area contributed by atoms with Gasteiger partial charge in [0.1, 0.15) is 0 Å². The van der Waals surface area contributed by atoms with E-state index in [4.69, 9.17) is 5.73 Å². The van der Waals surface area contributed by atoms with Crippen LogP contribution in [0.1, 0.15) is 33.1 Å². The molecular weight excluding hydrogens is 152 g/mol. The SMILES string of the molecule is CCC[C@H](N)C(=O)N(C)CCC. The maximum Gasteiger partial charge on any atom is 0.239 e. The lowest BCUT2D eigenvalue weighted by Gasteiger charge is -2.20. The number of amides is 1. The summed E-state index contributed by atoms with van der Waals surface area (Å²) in [6.07, 6.45) is 2.74. The van der Waals surface area contributed by atoms with Gasteiger partial charge in [-0.1, -0.05) is 20.3 Å². The van der Waals surface area contributed by atoms with Crippen molar-refractivity contribution in [2.24, 2.45) is 5.73 Å². The Morgan fingerprint density at radius 1 is 1.42 bits per heavy atom. The van der Waals surface area contributed by atoms with Crippen molar-refractivity contribution in [2.45, 2.75) is 39.2 Å². The Morgan fingerprint density at radius 2 is 2.00 bits per heavy atom. The summed E-state index contributed by atoms with van der Waals surface area (Å²) in [6.45, 7) is 4.89. The second-order valence-corrected chi connectivity index (χ2v) is 3.15. The molecule has 0 spiro atoms. The van der Waals surface area contributed by atoms with Crippen molar-refractivity contribution in [2.75, 3.05) is 13.6 Å². The van der Waals surface area contributed by atoms with Gasteiger partial charge in [-0.3, -0.25) is 4.79 Å². The Bertz CT molecular complexity index is 122. The normalized spacial score (nSPS) is 12.7. The fourth-order valence-electron chi connectivity index (χ4n) is 1.16. The molecule has 12 heavy (non-hydrogen) atoms. The fraction of sp³-hybridized carbons (Fsp3) is 0.889. The van der Waals surface area contributed by atoms with Crippen LogP contribution in [0.25, 0.3) is 0 Å². The van der Waals surface area contributed by atoms with Crippen molar-refractivity contribution < 1.29 is 4.79 Å². The molecule has 0 aromatic heterocycles. The van der Waals surface area contributed by atoms with Gasteiger partial charge >= 0.3 is 0 Å². The minimum atomic E-state index is -0.299. The van der Waals surface area contributed by atoms with Crippen molar-refractivity contribution in [1.82, 2.24) is 4.90 Å². The van der Waals surface area contributed by atoms with E-state index in [0.29, 0.717) is 0 Å². The Balaban J connectivity index is 3.82. The largest absolute Gasteiger partial charge is 0.344 e. The summed E-state index contributed by atoms with van der Waals surface area (Å²) in [7, 11) is 1.81. The van der Waals surface area contributed by atoms with E-state index >= 15 is 0 Å². The molecule has 1 amide bonds. The number of hydrogen-bond donors (Lipinski definition) is 1. The molecule has 0 rings (SSSR count). The lowest BCUT2D eigenvalue weighted by molar-refractivity contribution is -0.131. The maximum absolute atomic E-state index is 11.4. The molecule has 0 unspecified atom stereocenters. The highest BCUT2D eigenvalue weighted by Crippen LogP contribution is 1.98. The molecule has 0 aliphatic carbocycles. The second kappa shape index (κ2) is 6.00. The first kappa shape index (κ1) is 11.4. The molecule has 0 saturated heterocycles. The van der Waals surface area contributed by atoms with Crippen LogP contribution >= 0.6 is 0 Å². The van der Waals surface area contributed by atoms with Gasteiger partial charge < -0.3 is 10.6 Å². The summed E-state index contributed by atoms with van der Waals surface area (Å²) in [4.78, 5) is 13.1. The molecule has 1 atom stereocenters. The van der Waals surface area contributed by atoms with E-state index < -0.39 is 0 Å². The number of nitrogens with two attached hydrogens (primary N) is 1. The minimum Gasteiger partial charge on any atom is -0.344 e. The number of rotatable bonds is 5. The van der Waals surface area contributed by atoms with Crippen LogP contribution < -0.4 is 5.73 Å². The molecular formula is C9H20N2O. The van der Waals surface area contributed by atoms with Crippen molar-refractivity contribution in [3.05, 3.63) is 0 Å². The number of carbonyl (C=O) groups is 1. The van der Waals surface area contributed by atoms with Gasteiger partial charge in [-0.15, -0.1) is 0 Å². The number of nitrogens with zero attached hydrogens (tertiary/aromatic N) is 1.